The number of rotatable bonds is 5. The summed E-state index contributed by atoms with van der Waals surface area (Å²) in [5.41, 5.74) is 3.78. The third-order valence-corrected chi connectivity index (χ3v) is 3.41. The van der Waals surface area contributed by atoms with E-state index in [0.29, 0.717) is 5.69 Å². The molecule has 0 aliphatic carbocycles. The van der Waals surface area contributed by atoms with E-state index in [1.807, 2.05) is 43.0 Å². The second-order valence-electron chi connectivity index (χ2n) is 4.96. The number of carbonyl (C=O) groups is 1. The number of nitrogens with one attached hydrogen (secondary N) is 2. The summed E-state index contributed by atoms with van der Waals surface area (Å²) >= 11 is 0. The van der Waals surface area contributed by atoms with Crippen molar-refractivity contribution >= 4 is 17.3 Å². The van der Waals surface area contributed by atoms with E-state index in [1.165, 1.54) is 0 Å². The van der Waals surface area contributed by atoms with Crippen molar-refractivity contribution in [2.24, 2.45) is 7.05 Å². The number of anilines is 2. The van der Waals surface area contributed by atoms with E-state index in [4.69, 9.17) is 5.11 Å². The number of hydrogen-bond donors (Lipinski definition) is 3. The number of hydrogen-bond acceptors (Lipinski definition) is 4. The molecule has 3 N–H and O–H groups in total. The molecule has 0 saturated heterocycles. The lowest BCUT2D eigenvalue weighted by atomic mass is 10.1. The fourth-order valence-electron chi connectivity index (χ4n) is 2.16. The fraction of sp³-hybridized carbons (Fsp3) is 0.333. The van der Waals surface area contributed by atoms with Crippen molar-refractivity contribution in [1.82, 2.24) is 9.78 Å². The molecule has 0 saturated carbocycles. The van der Waals surface area contributed by atoms with Gasteiger partial charge in [-0.2, -0.15) is 5.10 Å². The van der Waals surface area contributed by atoms with Crippen LogP contribution in [-0.4, -0.2) is 27.4 Å². The zero-order valence-corrected chi connectivity index (χ0v) is 12.4. The first-order valence-corrected chi connectivity index (χ1v) is 6.77. The Labute approximate surface area is 123 Å². The summed E-state index contributed by atoms with van der Waals surface area (Å²) in [6.45, 7) is 3.56. The van der Waals surface area contributed by atoms with Crippen LogP contribution in [0.15, 0.2) is 30.5 Å². The highest BCUT2D eigenvalue weighted by Crippen LogP contribution is 2.23. The molecule has 0 bridgehead atoms. The van der Waals surface area contributed by atoms with Crippen LogP contribution in [0.4, 0.5) is 11.4 Å². The van der Waals surface area contributed by atoms with Crippen molar-refractivity contribution in [1.29, 1.82) is 0 Å². The average Bonchev–Trinajstić information content (AvgIpc) is 2.79. The number of aliphatic hydroxyl groups is 1. The van der Waals surface area contributed by atoms with E-state index in [2.05, 4.69) is 22.7 Å². The van der Waals surface area contributed by atoms with Gasteiger partial charge >= 0.3 is 0 Å². The van der Waals surface area contributed by atoms with Crippen LogP contribution in [0.3, 0.4) is 0 Å². The molecule has 0 radical (unpaired) electrons. The quantitative estimate of drug-likeness (QED) is 0.784. The van der Waals surface area contributed by atoms with Crippen molar-refractivity contribution in [2.45, 2.75) is 19.9 Å². The van der Waals surface area contributed by atoms with Crippen LogP contribution >= 0.6 is 0 Å². The van der Waals surface area contributed by atoms with Crippen LogP contribution in [-0.2, 0) is 11.8 Å². The zero-order valence-electron chi connectivity index (χ0n) is 12.4. The van der Waals surface area contributed by atoms with Crippen molar-refractivity contribution < 1.29 is 9.90 Å². The molecule has 6 nitrogen and oxygen atoms in total. The fourth-order valence-corrected chi connectivity index (χ4v) is 2.16. The third-order valence-electron chi connectivity index (χ3n) is 3.41. The molecule has 2 rings (SSSR count). The van der Waals surface area contributed by atoms with Gasteiger partial charge in [0, 0.05) is 29.7 Å². The number of nitrogens with zero attached hydrogens (tertiary/aromatic N) is 2. The molecule has 112 valence electrons. The molecule has 1 heterocycles. The summed E-state index contributed by atoms with van der Waals surface area (Å²) < 4.78 is 1.84. The van der Waals surface area contributed by atoms with Gasteiger partial charge in [0.15, 0.2) is 0 Å². The molecule has 1 amide bonds. The van der Waals surface area contributed by atoms with Crippen LogP contribution in [0.5, 0.6) is 0 Å². The number of aryl methyl sites for hydroxylation is 1. The van der Waals surface area contributed by atoms with Gasteiger partial charge in [0.05, 0.1) is 12.2 Å². The summed E-state index contributed by atoms with van der Waals surface area (Å²) in [5.74, 6) is -0.427. The molecular weight excluding hydrogens is 268 g/mol. The molecule has 1 unspecified atom stereocenters. The van der Waals surface area contributed by atoms with E-state index in [9.17, 15) is 4.79 Å². The average molecular weight is 288 g/mol. The van der Waals surface area contributed by atoms with Gasteiger partial charge in [0.25, 0.3) is 0 Å². The summed E-state index contributed by atoms with van der Waals surface area (Å²) in [6, 6.07) is 7.48. The molecule has 6 heteroatoms. The van der Waals surface area contributed by atoms with E-state index < -0.39 is 12.5 Å². The molecule has 21 heavy (non-hydrogen) atoms. The van der Waals surface area contributed by atoms with Gasteiger partial charge in [-0.15, -0.1) is 0 Å². The number of amides is 1. The number of benzene rings is 1. The van der Waals surface area contributed by atoms with Gasteiger partial charge in [-0.05, 0) is 32.0 Å². The highest BCUT2D eigenvalue weighted by molar-refractivity contribution is 5.91. The minimum Gasteiger partial charge on any atom is -0.387 e. The summed E-state index contributed by atoms with van der Waals surface area (Å²) in [7, 11) is 1.91. The number of carbonyl (C=O) groups excluding carboxylic acids is 1. The Hall–Kier alpha value is -2.34. The SMILES string of the molecule is Cc1c(C(C)Nc2cccc(NC(=O)CO)c2)cnn1C. The first-order chi connectivity index (χ1) is 10.0. The Bertz CT molecular complexity index is 636. The van der Waals surface area contributed by atoms with E-state index in [0.717, 1.165) is 16.9 Å². The largest absolute Gasteiger partial charge is 0.387 e. The van der Waals surface area contributed by atoms with Crippen LogP contribution in [0.1, 0.15) is 24.2 Å². The molecule has 1 atom stereocenters. The smallest absolute Gasteiger partial charge is 0.250 e. The topological polar surface area (TPSA) is 79.2 Å². The maximum absolute atomic E-state index is 11.2. The third kappa shape index (κ3) is 3.61. The Balaban J connectivity index is 2.10. The highest BCUT2D eigenvalue weighted by Gasteiger charge is 2.12. The van der Waals surface area contributed by atoms with Gasteiger partial charge in [0.2, 0.25) is 5.91 Å². The zero-order chi connectivity index (χ0) is 15.4. The Kier molecular flexibility index (Phi) is 4.59. The van der Waals surface area contributed by atoms with Crippen LogP contribution in [0.25, 0.3) is 0 Å². The van der Waals surface area contributed by atoms with Crippen molar-refractivity contribution in [2.75, 3.05) is 17.2 Å². The number of aromatic nitrogens is 2. The maximum atomic E-state index is 11.2. The summed E-state index contributed by atoms with van der Waals surface area (Å²) in [5, 5.41) is 19.0. The Morgan fingerprint density at radius 2 is 2.14 bits per heavy atom. The van der Waals surface area contributed by atoms with Gasteiger partial charge in [-0.3, -0.25) is 9.48 Å². The molecule has 2 aromatic rings. The molecule has 1 aromatic carbocycles. The first-order valence-electron chi connectivity index (χ1n) is 6.77. The van der Waals surface area contributed by atoms with E-state index >= 15 is 0 Å². The molecular formula is C15H20N4O2. The normalized spacial score (nSPS) is 12.0. The monoisotopic (exact) mass is 288 g/mol. The minimum absolute atomic E-state index is 0.0995. The lowest BCUT2D eigenvalue weighted by molar-refractivity contribution is -0.118. The standard InChI is InChI=1S/C15H20N4O2/c1-10(14-8-16-19(3)11(14)2)17-12-5-4-6-13(7-12)18-15(21)9-20/h4-8,10,17,20H,9H2,1-3H3,(H,18,21). The van der Waals surface area contributed by atoms with E-state index in [-0.39, 0.29) is 6.04 Å². The predicted octanol–water partition coefficient (Wildman–Crippen LogP) is 1.83. The van der Waals surface area contributed by atoms with E-state index in [1.54, 1.807) is 6.07 Å². The molecule has 0 aliphatic rings. The minimum atomic E-state index is -0.525. The van der Waals surface area contributed by atoms with Crippen molar-refractivity contribution in [3.05, 3.63) is 41.7 Å². The Morgan fingerprint density at radius 1 is 1.43 bits per heavy atom. The van der Waals surface area contributed by atoms with Gasteiger partial charge in [-0.1, -0.05) is 6.07 Å². The van der Waals surface area contributed by atoms with Gasteiger partial charge < -0.3 is 15.7 Å². The lowest BCUT2D eigenvalue weighted by Gasteiger charge is -2.16. The van der Waals surface area contributed by atoms with Crippen molar-refractivity contribution in [3.8, 4) is 0 Å². The van der Waals surface area contributed by atoms with Crippen LogP contribution < -0.4 is 10.6 Å². The molecule has 1 aromatic heterocycles. The summed E-state index contributed by atoms with van der Waals surface area (Å²) in [6.07, 6.45) is 1.85. The first kappa shape index (κ1) is 15.1. The van der Waals surface area contributed by atoms with Crippen LogP contribution in [0, 0.1) is 6.92 Å². The second-order valence-corrected chi connectivity index (χ2v) is 4.96. The predicted molar refractivity (Wildman–Crippen MR) is 82.1 cm³/mol. The lowest BCUT2D eigenvalue weighted by Crippen LogP contribution is -2.15. The highest BCUT2D eigenvalue weighted by atomic mass is 16.3. The van der Waals surface area contributed by atoms with Gasteiger partial charge in [0.1, 0.15) is 6.61 Å². The summed E-state index contributed by atoms with van der Waals surface area (Å²) in [4.78, 5) is 11.2. The Morgan fingerprint density at radius 3 is 2.76 bits per heavy atom. The maximum Gasteiger partial charge on any atom is 0.250 e. The van der Waals surface area contributed by atoms with Gasteiger partial charge in [-0.25, -0.2) is 0 Å². The number of aliphatic hydroxyl groups excluding tert-OH is 1. The molecule has 0 aliphatic heterocycles. The van der Waals surface area contributed by atoms with Crippen LogP contribution in [0.2, 0.25) is 0 Å². The molecule has 0 spiro atoms. The van der Waals surface area contributed by atoms with Crippen molar-refractivity contribution in [3.63, 3.8) is 0 Å². The molecule has 0 fully saturated rings. The second kappa shape index (κ2) is 6.41.